The number of ether oxygens (including phenoxy) is 2. The van der Waals surface area contributed by atoms with Gasteiger partial charge in [-0.25, -0.2) is 4.98 Å². The zero-order chi connectivity index (χ0) is 20.8. The highest BCUT2D eigenvalue weighted by molar-refractivity contribution is 9.10. The molecule has 2 aliphatic heterocycles. The number of rotatable bonds is 4. The number of aromatic amines is 1. The van der Waals surface area contributed by atoms with Crippen molar-refractivity contribution in [1.82, 2.24) is 19.3 Å². The predicted molar refractivity (Wildman–Crippen MR) is 115 cm³/mol. The van der Waals surface area contributed by atoms with Crippen molar-refractivity contribution in [2.75, 3.05) is 33.0 Å². The van der Waals surface area contributed by atoms with Crippen molar-refractivity contribution in [3.8, 4) is 0 Å². The molecule has 0 saturated carbocycles. The standard InChI is InChI=1S/C21H31BrN4O3/c1-13-9-25(12-29-21(2,3)4)10-15(13)16-11-26-17(20(27)23-16)18(22)24-19(26)14-5-7-28-8-6-14/h11,13-15H,5-10,12H2,1-4H3,(H,23,27)/t13-,15-/m1/s1. The van der Waals surface area contributed by atoms with Gasteiger partial charge in [-0.3, -0.25) is 14.1 Å². The first-order valence-corrected chi connectivity index (χ1v) is 11.3. The summed E-state index contributed by atoms with van der Waals surface area (Å²) in [6.07, 6.45) is 3.96. The summed E-state index contributed by atoms with van der Waals surface area (Å²) in [6.45, 7) is 12.4. The normalized spacial score (nSPS) is 24.6. The van der Waals surface area contributed by atoms with E-state index in [1.54, 1.807) is 0 Å². The molecule has 0 unspecified atom stereocenters. The van der Waals surface area contributed by atoms with Crippen LogP contribution in [0.25, 0.3) is 5.52 Å². The third-order valence-electron chi connectivity index (χ3n) is 5.99. The van der Waals surface area contributed by atoms with Gasteiger partial charge in [-0.1, -0.05) is 6.92 Å². The Bertz CT molecular complexity index is 926. The minimum Gasteiger partial charge on any atom is -0.381 e. The molecule has 7 nitrogen and oxygen atoms in total. The summed E-state index contributed by atoms with van der Waals surface area (Å²) in [5, 5.41) is 0. The van der Waals surface area contributed by atoms with Crippen LogP contribution in [0.2, 0.25) is 0 Å². The van der Waals surface area contributed by atoms with Crippen LogP contribution in [0.15, 0.2) is 15.6 Å². The van der Waals surface area contributed by atoms with Gasteiger partial charge in [0.2, 0.25) is 0 Å². The first kappa shape index (κ1) is 21.0. The van der Waals surface area contributed by atoms with Crippen LogP contribution in [-0.2, 0) is 9.47 Å². The smallest absolute Gasteiger partial charge is 0.275 e. The van der Waals surface area contributed by atoms with Crippen molar-refractivity contribution in [3.05, 3.63) is 32.7 Å². The molecule has 0 amide bonds. The van der Waals surface area contributed by atoms with Crippen LogP contribution in [0.3, 0.4) is 0 Å². The molecule has 2 fully saturated rings. The van der Waals surface area contributed by atoms with Crippen molar-refractivity contribution in [3.63, 3.8) is 0 Å². The number of aromatic nitrogens is 3. The lowest BCUT2D eigenvalue weighted by atomic mass is 9.95. The van der Waals surface area contributed by atoms with Crippen molar-refractivity contribution in [2.45, 2.75) is 58.0 Å². The summed E-state index contributed by atoms with van der Waals surface area (Å²) in [5.74, 6) is 1.97. The maximum absolute atomic E-state index is 12.9. The molecule has 2 saturated heterocycles. The third kappa shape index (κ3) is 4.45. The molecular weight excluding hydrogens is 436 g/mol. The second-order valence-electron chi connectivity index (χ2n) is 9.41. The monoisotopic (exact) mass is 466 g/mol. The summed E-state index contributed by atoms with van der Waals surface area (Å²) in [5.41, 5.74) is 1.33. The number of H-pyrrole nitrogens is 1. The minimum absolute atomic E-state index is 0.0863. The highest BCUT2D eigenvalue weighted by Gasteiger charge is 2.33. The maximum Gasteiger partial charge on any atom is 0.275 e. The molecule has 0 aromatic carbocycles. The quantitative estimate of drug-likeness (QED) is 0.746. The van der Waals surface area contributed by atoms with E-state index in [-0.39, 0.29) is 17.1 Å². The molecule has 160 valence electrons. The number of nitrogens with one attached hydrogen (secondary N) is 1. The molecule has 29 heavy (non-hydrogen) atoms. The van der Waals surface area contributed by atoms with Crippen LogP contribution in [0.1, 0.15) is 63.9 Å². The van der Waals surface area contributed by atoms with Crippen LogP contribution in [0.4, 0.5) is 0 Å². The summed E-state index contributed by atoms with van der Waals surface area (Å²) in [4.78, 5) is 23.1. The second kappa shape index (κ2) is 8.13. The van der Waals surface area contributed by atoms with Gasteiger partial charge in [0, 0.05) is 50.0 Å². The zero-order valence-electron chi connectivity index (χ0n) is 17.7. The second-order valence-corrected chi connectivity index (χ2v) is 10.2. The molecule has 0 bridgehead atoms. The lowest BCUT2D eigenvalue weighted by molar-refractivity contribution is -0.0577. The summed E-state index contributed by atoms with van der Waals surface area (Å²) < 4.78 is 14.1. The van der Waals surface area contributed by atoms with Crippen LogP contribution in [0.5, 0.6) is 0 Å². The highest BCUT2D eigenvalue weighted by Crippen LogP contribution is 2.33. The van der Waals surface area contributed by atoms with Gasteiger partial charge in [0.25, 0.3) is 5.56 Å². The Labute approximate surface area is 179 Å². The van der Waals surface area contributed by atoms with Gasteiger partial charge < -0.3 is 14.5 Å². The fourth-order valence-corrected chi connectivity index (χ4v) is 4.96. The van der Waals surface area contributed by atoms with E-state index >= 15 is 0 Å². The first-order valence-electron chi connectivity index (χ1n) is 10.5. The molecule has 2 aromatic rings. The fourth-order valence-electron chi connectivity index (χ4n) is 4.41. The number of hydrogen-bond acceptors (Lipinski definition) is 5. The number of likely N-dealkylation sites (tertiary alicyclic amines) is 1. The lowest BCUT2D eigenvalue weighted by Crippen LogP contribution is -2.30. The Morgan fingerprint density at radius 2 is 2.03 bits per heavy atom. The molecule has 2 aromatic heterocycles. The molecule has 0 spiro atoms. The van der Waals surface area contributed by atoms with Gasteiger partial charge in [-0.05, 0) is 55.5 Å². The topological polar surface area (TPSA) is 71.9 Å². The van der Waals surface area contributed by atoms with Gasteiger partial charge in [0.05, 0.1) is 12.3 Å². The summed E-state index contributed by atoms with van der Waals surface area (Å²) in [7, 11) is 0. The van der Waals surface area contributed by atoms with Gasteiger partial charge >= 0.3 is 0 Å². The van der Waals surface area contributed by atoms with Crippen molar-refractivity contribution >= 4 is 21.4 Å². The van der Waals surface area contributed by atoms with Crippen LogP contribution in [0, 0.1) is 5.92 Å². The zero-order valence-corrected chi connectivity index (χ0v) is 19.3. The number of imidazole rings is 1. The SMILES string of the molecule is C[C@@H]1CN(COC(C)(C)C)C[C@H]1c1cn2c(C3CCOCC3)nc(Br)c2c(=O)[nH]1. The molecule has 0 aliphatic carbocycles. The average Bonchev–Trinajstić information content (AvgIpc) is 3.20. The van der Waals surface area contributed by atoms with E-state index in [0.717, 1.165) is 50.7 Å². The van der Waals surface area contributed by atoms with E-state index in [1.165, 1.54) is 0 Å². The van der Waals surface area contributed by atoms with Gasteiger partial charge in [-0.15, -0.1) is 0 Å². The minimum atomic E-state index is -0.157. The van der Waals surface area contributed by atoms with Gasteiger partial charge in [0.15, 0.2) is 0 Å². The van der Waals surface area contributed by atoms with E-state index < -0.39 is 0 Å². The summed E-state index contributed by atoms with van der Waals surface area (Å²) >= 11 is 3.50. The molecular formula is C21H31BrN4O3. The van der Waals surface area contributed by atoms with E-state index in [4.69, 9.17) is 14.5 Å². The number of nitrogens with zero attached hydrogens (tertiary/aromatic N) is 3. The molecule has 4 rings (SSSR count). The third-order valence-corrected chi connectivity index (χ3v) is 6.54. The lowest BCUT2D eigenvalue weighted by Gasteiger charge is -2.24. The molecule has 2 aliphatic rings. The molecule has 2 atom stereocenters. The van der Waals surface area contributed by atoms with Crippen molar-refractivity contribution < 1.29 is 9.47 Å². The molecule has 0 radical (unpaired) electrons. The molecule has 8 heteroatoms. The van der Waals surface area contributed by atoms with E-state index in [0.29, 0.717) is 28.7 Å². The predicted octanol–water partition coefficient (Wildman–Crippen LogP) is 3.49. The van der Waals surface area contributed by atoms with Crippen molar-refractivity contribution in [2.24, 2.45) is 5.92 Å². The fraction of sp³-hybridized carbons (Fsp3) is 0.714. The Hall–Kier alpha value is -1.22. The largest absolute Gasteiger partial charge is 0.381 e. The molecule has 1 N–H and O–H groups in total. The van der Waals surface area contributed by atoms with Crippen LogP contribution >= 0.6 is 15.9 Å². The van der Waals surface area contributed by atoms with Crippen LogP contribution < -0.4 is 5.56 Å². The van der Waals surface area contributed by atoms with Gasteiger partial charge in [0.1, 0.15) is 15.9 Å². The summed E-state index contributed by atoms with van der Waals surface area (Å²) in [6, 6.07) is 0. The van der Waals surface area contributed by atoms with E-state index in [1.807, 2.05) is 4.40 Å². The number of hydrogen-bond donors (Lipinski definition) is 1. The Morgan fingerprint density at radius 3 is 2.72 bits per heavy atom. The van der Waals surface area contributed by atoms with E-state index in [9.17, 15) is 4.79 Å². The van der Waals surface area contributed by atoms with Crippen molar-refractivity contribution in [1.29, 1.82) is 0 Å². The highest BCUT2D eigenvalue weighted by atomic mass is 79.9. The first-order chi connectivity index (χ1) is 13.7. The Morgan fingerprint density at radius 1 is 1.31 bits per heavy atom. The average molecular weight is 467 g/mol. The number of fused-ring (bicyclic) bond motifs is 1. The molecule has 4 heterocycles. The Kier molecular flexibility index (Phi) is 5.90. The van der Waals surface area contributed by atoms with Crippen LogP contribution in [-0.4, -0.2) is 57.9 Å². The van der Waals surface area contributed by atoms with Gasteiger partial charge in [-0.2, -0.15) is 0 Å². The van der Waals surface area contributed by atoms with E-state index in [2.05, 4.69) is 59.7 Å². The maximum atomic E-state index is 12.9. The number of halogens is 1. The Balaban J connectivity index is 1.63.